The highest BCUT2D eigenvalue weighted by Crippen LogP contribution is 2.21. The van der Waals surface area contributed by atoms with E-state index in [0.717, 1.165) is 25.7 Å². The zero-order valence-electron chi connectivity index (χ0n) is 14.8. The third kappa shape index (κ3) is 4.54. The number of benzene rings is 2. The minimum Gasteiger partial charge on any atom is -0.423 e. The molecule has 1 aliphatic heterocycles. The van der Waals surface area contributed by atoms with Crippen LogP contribution >= 0.6 is 0 Å². The van der Waals surface area contributed by atoms with Gasteiger partial charge in [-0.3, -0.25) is 0 Å². The van der Waals surface area contributed by atoms with Crippen LogP contribution < -0.4 is 4.74 Å². The van der Waals surface area contributed by atoms with E-state index in [2.05, 4.69) is 0 Å². The second-order valence-corrected chi connectivity index (χ2v) is 8.31. The maximum atomic E-state index is 12.8. The summed E-state index contributed by atoms with van der Waals surface area (Å²) in [5.74, 6) is -0.343. The number of nitriles is 1. The predicted molar refractivity (Wildman–Crippen MR) is 99.8 cm³/mol. The van der Waals surface area contributed by atoms with Gasteiger partial charge in [-0.1, -0.05) is 18.9 Å². The van der Waals surface area contributed by atoms with Gasteiger partial charge >= 0.3 is 5.97 Å². The molecule has 0 aliphatic carbocycles. The third-order valence-electron chi connectivity index (χ3n) is 4.47. The van der Waals surface area contributed by atoms with Gasteiger partial charge in [0.05, 0.1) is 22.1 Å². The van der Waals surface area contributed by atoms with Gasteiger partial charge in [0.25, 0.3) is 0 Å². The Morgan fingerprint density at radius 2 is 1.67 bits per heavy atom. The van der Waals surface area contributed by atoms with Crippen molar-refractivity contribution < 1.29 is 17.9 Å². The van der Waals surface area contributed by atoms with Crippen LogP contribution in [0, 0.1) is 11.3 Å². The van der Waals surface area contributed by atoms with Crippen molar-refractivity contribution in [1.29, 1.82) is 5.26 Å². The van der Waals surface area contributed by atoms with Crippen LogP contribution in [0.5, 0.6) is 5.75 Å². The molecule has 0 radical (unpaired) electrons. The molecule has 1 fully saturated rings. The molecular formula is C20H20N2O4S. The molecule has 140 valence electrons. The van der Waals surface area contributed by atoms with Crippen LogP contribution in [0.1, 0.15) is 41.6 Å². The van der Waals surface area contributed by atoms with E-state index in [4.69, 9.17) is 10.00 Å². The SMILES string of the molecule is N#Cc1cccc(OC(=O)c2ccc(S(=O)(=O)N3CCCCCC3)cc2)c1. The number of hydrogen-bond donors (Lipinski definition) is 0. The summed E-state index contributed by atoms with van der Waals surface area (Å²) in [5, 5.41) is 8.89. The van der Waals surface area contributed by atoms with E-state index in [-0.39, 0.29) is 16.2 Å². The van der Waals surface area contributed by atoms with E-state index < -0.39 is 16.0 Å². The molecule has 0 amide bonds. The first-order valence-corrected chi connectivity index (χ1v) is 10.3. The minimum absolute atomic E-state index is 0.174. The highest BCUT2D eigenvalue weighted by Gasteiger charge is 2.25. The topological polar surface area (TPSA) is 87.5 Å². The van der Waals surface area contributed by atoms with E-state index in [0.29, 0.717) is 18.7 Å². The van der Waals surface area contributed by atoms with Crippen molar-refractivity contribution in [1.82, 2.24) is 4.31 Å². The van der Waals surface area contributed by atoms with Crippen LogP contribution in [-0.2, 0) is 10.0 Å². The molecule has 0 saturated carbocycles. The first kappa shape index (κ1) is 19.1. The molecule has 2 aromatic carbocycles. The summed E-state index contributed by atoms with van der Waals surface area (Å²) in [6.07, 6.45) is 3.82. The minimum atomic E-state index is -3.55. The summed E-state index contributed by atoms with van der Waals surface area (Å²) in [5.41, 5.74) is 0.631. The highest BCUT2D eigenvalue weighted by atomic mass is 32.2. The summed E-state index contributed by atoms with van der Waals surface area (Å²) in [6, 6.07) is 14.0. The lowest BCUT2D eigenvalue weighted by atomic mass is 10.2. The van der Waals surface area contributed by atoms with E-state index >= 15 is 0 Å². The standard InChI is InChI=1S/C20H20N2O4S/c21-15-16-6-5-7-18(14-16)26-20(23)17-8-10-19(11-9-17)27(24,25)22-12-3-1-2-4-13-22/h5-11,14H,1-4,12-13H2. The molecule has 7 heteroatoms. The molecule has 0 N–H and O–H groups in total. The molecule has 0 spiro atoms. The van der Waals surface area contributed by atoms with Crippen LogP contribution in [0.2, 0.25) is 0 Å². The summed E-state index contributed by atoms with van der Waals surface area (Å²) in [4.78, 5) is 12.4. The summed E-state index contributed by atoms with van der Waals surface area (Å²) < 4.78 is 32.3. The molecule has 1 aliphatic rings. The van der Waals surface area contributed by atoms with Crippen LogP contribution in [0.15, 0.2) is 53.4 Å². The van der Waals surface area contributed by atoms with E-state index in [1.54, 1.807) is 18.2 Å². The van der Waals surface area contributed by atoms with E-state index in [1.807, 2.05) is 6.07 Å². The maximum Gasteiger partial charge on any atom is 0.343 e. The van der Waals surface area contributed by atoms with E-state index in [1.165, 1.54) is 34.6 Å². The normalized spacial score (nSPS) is 15.5. The maximum absolute atomic E-state index is 12.8. The average Bonchev–Trinajstić information content (AvgIpc) is 2.98. The smallest absolute Gasteiger partial charge is 0.343 e. The number of nitrogens with zero attached hydrogens (tertiary/aromatic N) is 2. The molecule has 3 rings (SSSR count). The van der Waals surface area contributed by atoms with Crippen LogP contribution in [0.4, 0.5) is 0 Å². The Morgan fingerprint density at radius 1 is 1.00 bits per heavy atom. The van der Waals surface area contributed by atoms with Crippen molar-refractivity contribution in [2.24, 2.45) is 0 Å². The molecule has 0 atom stereocenters. The molecule has 1 heterocycles. The van der Waals surface area contributed by atoms with Crippen LogP contribution in [0.25, 0.3) is 0 Å². The Bertz CT molecular complexity index is 954. The second kappa shape index (κ2) is 8.33. The van der Waals surface area contributed by atoms with Gasteiger partial charge in [0.2, 0.25) is 10.0 Å². The van der Waals surface area contributed by atoms with Crippen molar-refractivity contribution in [3.63, 3.8) is 0 Å². The lowest BCUT2D eigenvalue weighted by Gasteiger charge is -2.19. The Morgan fingerprint density at radius 3 is 2.30 bits per heavy atom. The summed E-state index contributed by atoms with van der Waals surface area (Å²) in [7, 11) is -3.55. The van der Waals surface area contributed by atoms with Crippen molar-refractivity contribution in [3.8, 4) is 11.8 Å². The van der Waals surface area contributed by atoms with Gasteiger partial charge in [0, 0.05) is 13.1 Å². The lowest BCUT2D eigenvalue weighted by Crippen LogP contribution is -2.31. The van der Waals surface area contributed by atoms with Gasteiger partial charge in [0.15, 0.2) is 0 Å². The largest absolute Gasteiger partial charge is 0.423 e. The number of carbonyl (C=O) groups excluding carboxylic acids is 1. The van der Waals surface area contributed by atoms with Gasteiger partial charge in [-0.05, 0) is 55.3 Å². The van der Waals surface area contributed by atoms with E-state index in [9.17, 15) is 13.2 Å². The van der Waals surface area contributed by atoms with Crippen molar-refractivity contribution in [2.75, 3.05) is 13.1 Å². The zero-order chi connectivity index (χ0) is 19.3. The van der Waals surface area contributed by atoms with Crippen LogP contribution in [-0.4, -0.2) is 31.8 Å². The van der Waals surface area contributed by atoms with Crippen LogP contribution in [0.3, 0.4) is 0 Å². The van der Waals surface area contributed by atoms with Gasteiger partial charge in [-0.15, -0.1) is 0 Å². The molecule has 0 aromatic heterocycles. The zero-order valence-corrected chi connectivity index (χ0v) is 15.6. The van der Waals surface area contributed by atoms with Crippen molar-refractivity contribution in [2.45, 2.75) is 30.6 Å². The fraction of sp³-hybridized carbons (Fsp3) is 0.300. The molecule has 6 nitrogen and oxygen atoms in total. The lowest BCUT2D eigenvalue weighted by molar-refractivity contribution is 0.0734. The molecule has 0 unspecified atom stereocenters. The molecule has 0 bridgehead atoms. The first-order chi connectivity index (χ1) is 13.0. The fourth-order valence-electron chi connectivity index (χ4n) is 2.99. The molecule has 2 aromatic rings. The number of rotatable bonds is 4. The Kier molecular flexibility index (Phi) is 5.89. The summed E-state index contributed by atoms with van der Waals surface area (Å²) in [6.45, 7) is 1.06. The third-order valence-corrected chi connectivity index (χ3v) is 6.38. The van der Waals surface area contributed by atoms with Crippen molar-refractivity contribution >= 4 is 16.0 Å². The highest BCUT2D eigenvalue weighted by molar-refractivity contribution is 7.89. The fourth-order valence-corrected chi connectivity index (χ4v) is 4.51. The molecule has 1 saturated heterocycles. The van der Waals surface area contributed by atoms with Gasteiger partial charge in [-0.25, -0.2) is 13.2 Å². The van der Waals surface area contributed by atoms with Crippen molar-refractivity contribution in [3.05, 3.63) is 59.7 Å². The second-order valence-electron chi connectivity index (χ2n) is 6.37. The van der Waals surface area contributed by atoms with Gasteiger partial charge in [0.1, 0.15) is 5.75 Å². The van der Waals surface area contributed by atoms with Gasteiger partial charge in [-0.2, -0.15) is 9.57 Å². The number of ether oxygens (including phenoxy) is 1. The number of carbonyl (C=O) groups is 1. The Labute approximate surface area is 159 Å². The number of esters is 1. The molecule has 27 heavy (non-hydrogen) atoms. The summed E-state index contributed by atoms with van der Waals surface area (Å²) >= 11 is 0. The number of sulfonamides is 1. The Balaban J connectivity index is 1.74. The predicted octanol–water partition coefficient (Wildman–Crippen LogP) is 3.34. The molecular weight excluding hydrogens is 364 g/mol. The Hall–Kier alpha value is -2.69. The average molecular weight is 384 g/mol. The van der Waals surface area contributed by atoms with Gasteiger partial charge < -0.3 is 4.74 Å². The quantitative estimate of drug-likeness (QED) is 0.596. The first-order valence-electron chi connectivity index (χ1n) is 8.83. The monoisotopic (exact) mass is 384 g/mol. The number of hydrogen-bond acceptors (Lipinski definition) is 5.